The van der Waals surface area contributed by atoms with Gasteiger partial charge in [0.25, 0.3) is 0 Å². The fourth-order valence-corrected chi connectivity index (χ4v) is 2.68. The lowest BCUT2D eigenvalue weighted by molar-refractivity contribution is 0.316. The van der Waals surface area contributed by atoms with Gasteiger partial charge in [-0.05, 0) is 19.1 Å². The minimum Gasteiger partial charge on any atom is -0.409 e. The first-order valence-corrected chi connectivity index (χ1v) is 5.79. The lowest BCUT2D eigenvalue weighted by atomic mass is 10.2. The third-order valence-corrected chi connectivity index (χ3v) is 3.60. The minimum atomic E-state index is 0.256. The lowest BCUT2D eigenvalue weighted by Crippen LogP contribution is -2.39. The third-order valence-electron chi connectivity index (χ3n) is 2.43. The molecule has 0 aliphatic heterocycles. The average molecular weight is 203 g/mol. The molecule has 0 saturated heterocycles. The van der Waals surface area contributed by atoms with Crippen LogP contribution < -0.4 is 11.1 Å². The number of hydrogen-bond donors (Lipinski definition) is 3. The van der Waals surface area contributed by atoms with E-state index < -0.39 is 0 Å². The molecule has 5 heteroatoms. The Hall–Kier alpha value is -0.420. The Labute approximate surface area is 82.9 Å². The molecule has 0 amide bonds. The summed E-state index contributed by atoms with van der Waals surface area (Å²) < 4.78 is 0. The van der Waals surface area contributed by atoms with Crippen molar-refractivity contribution in [1.29, 1.82) is 0 Å². The number of nitrogens with one attached hydrogen (secondary N) is 1. The Balaban J connectivity index is 2.27. The fourth-order valence-electron chi connectivity index (χ4n) is 1.71. The smallest absolute Gasteiger partial charge is 0.153 e. The molecule has 1 rings (SSSR count). The second kappa shape index (κ2) is 5.34. The molecule has 1 aliphatic carbocycles. The van der Waals surface area contributed by atoms with Crippen molar-refractivity contribution in [3.05, 3.63) is 0 Å². The number of rotatable bonds is 4. The monoisotopic (exact) mass is 203 g/mol. The zero-order valence-electron chi connectivity index (χ0n) is 7.86. The van der Waals surface area contributed by atoms with E-state index in [1.807, 2.05) is 11.8 Å². The number of nitrogens with two attached hydrogens (primary N) is 1. The molecule has 0 aromatic carbocycles. The van der Waals surface area contributed by atoms with Gasteiger partial charge < -0.3 is 16.3 Å². The van der Waals surface area contributed by atoms with Gasteiger partial charge in [-0.15, -0.1) is 0 Å². The highest BCUT2D eigenvalue weighted by Crippen LogP contribution is 2.27. The van der Waals surface area contributed by atoms with E-state index in [2.05, 4.69) is 16.7 Å². The number of oxime groups is 1. The van der Waals surface area contributed by atoms with E-state index in [0.717, 1.165) is 0 Å². The van der Waals surface area contributed by atoms with Gasteiger partial charge in [-0.25, -0.2) is 0 Å². The Morgan fingerprint density at radius 2 is 2.46 bits per heavy atom. The van der Waals surface area contributed by atoms with Crippen molar-refractivity contribution in [2.75, 3.05) is 12.8 Å². The van der Waals surface area contributed by atoms with Crippen LogP contribution in [-0.4, -0.2) is 35.1 Å². The maximum absolute atomic E-state index is 8.35. The minimum absolute atomic E-state index is 0.256. The van der Waals surface area contributed by atoms with Crippen LogP contribution in [0.25, 0.3) is 0 Å². The largest absolute Gasteiger partial charge is 0.409 e. The predicted molar refractivity (Wildman–Crippen MR) is 56.4 cm³/mol. The molecule has 76 valence electrons. The number of hydrogen-bond acceptors (Lipinski definition) is 4. The van der Waals surface area contributed by atoms with Crippen molar-refractivity contribution in [2.45, 2.75) is 30.6 Å². The van der Waals surface area contributed by atoms with Crippen LogP contribution in [0.2, 0.25) is 0 Å². The summed E-state index contributed by atoms with van der Waals surface area (Å²) in [5, 5.41) is 15.3. The number of thioether (sulfide) groups is 1. The molecule has 1 fully saturated rings. The van der Waals surface area contributed by atoms with Crippen molar-refractivity contribution in [1.82, 2.24) is 5.32 Å². The van der Waals surface area contributed by atoms with Crippen LogP contribution in [0.3, 0.4) is 0 Å². The third kappa shape index (κ3) is 3.08. The predicted octanol–water partition coefficient (Wildman–Crippen LogP) is 0.607. The second-order valence-corrected chi connectivity index (χ2v) is 4.36. The molecule has 2 atom stereocenters. The quantitative estimate of drug-likeness (QED) is 0.271. The first-order valence-electron chi connectivity index (χ1n) is 4.50. The number of nitrogens with zero attached hydrogens (tertiary/aromatic N) is 1. The van der Waals surface area contributed by atoms with Crippen molar-refractivity contribution in [3.63, 3.8) is 0 Å². The van der Waals surface area contributed by atoms with Gasteiger partial charge in [0.1, 0.15) is 0 Å². The normalized spacial score (nSPS) is 29.5. The first kappa shape index (κ1) is 10.7. The van der Waals surface area contributed by atoms with Crippen molar-refractivity contribution >= 4 is 17.6 Å². The van der Waals surface area contributed by atoms with Crippen LogP contribution in [0.4, 0.5) is 0 Å². The van der Waals surface area contributed by atoms with E-state index in [1.165, 1.54) is 19.3 Å². The topological polar surface area (TPSA) is 70.6 Å². The second-order valence-electron chi connectivity index (χ2n) is 3.28. The molecule has 0 spiro atoms. The molecular weight excluding hydrogens is 186 g/mol. The molecule has 1 aliphatic rings. The van der Waals surface area contributed by atoms with Gasteiger partial charge in [0.2, 0.25) is 0 Å². The highest BCUT2D eigenvalue weighted by molar-refractivity contribution is 7.99. The first-order chi connectivity index (χ1) is 6.27. The van der Waals surface area contributed by atoms with E-state index in [9.17, 15) is 0 Å². The Bertz CT molecular complexity index is 186. The molecule has 1 saturated carbocycles. The van der Waals surface area contributed by atoms with E-state index in [1.54, 1.807) is 0 Å². The summed E-state index contributed by atoms with van der Waals surface area (Å²) in [6.45, 7) is 0.484. The number of amidine groups is 1. The van der Waals surface area contributed by atoms with Crippen LogP contribution in [0.5, 0.6) is 0 Å². The zero-order chi connectivity index (χ0) is 9.68. The summed E-state index contributed by atoms with van der Waals surface area (Å²) in [5.41, 5.74) is 5.37. The maximum Gasteiger partial charge on any atom is 0.153 e. The fraction of sp³-hybridized carbons (Fsp3) is 0.875. The molecule has 0 aromatic rings. The summed E-state index contributed by atoms with van der Waals surface area (Å²) in [5.74, 6) is 0.256. The highest BCUT2D eigenvalue weighted by Gasteiger charge is 2.25. The highest BCUT2D eigenvalue weighted by atomic mass is 32.2. The molecule has 0 radical (unpaired) electrons. The van der Waals surface area contributed by atoms with Gasteiger partial charge in [-0.2, -0.15) is 11.8 Å². The van der Waals surface area contributed by atoms with E-state index in [0.29, 0.717) is 17.8 Å². The van der Waals surface area contributed by atoms with Gasteiger partial charge in [0.15, 0.2) is 5.84 Å². The summed E-state index contributed by atoms with van der Waals surface area (Å²) >= 11 is 1.89. The van der Waals surface area contributed by atoms with Crippen LogP contribution in [0.15, 0.2) is 5.16 Å². The Morgan fingerprint density at radius 3 is 3.08 bits per heavy atom. The van der Waals surface area contributed by atoms with Gasteiger partial charge in [-0.3, -0.25) is 0 Å². The molecule has 13 heavy (non-hydrogen) atoms. The van der Waals surface area contributed by atoms with Crippen molar-refractivity contribution in [3.8, 4) is 0 Å². The SMILES string of the molecule is CSC1CCCC1NCC(N)=NO. The molecular formula is C8H17N3OS. The van der Waals surface area contributed by atoms with Crippen molar-refractivity contribution < 1.29 is 5.21 Å². The summed E-state index contributed by atoms with van der Waals surface area (Å²) in [6, 6.07) is 0.523. The average Bonchev–Trinajstić information content (AvgIpc) is 2.61. The summed E-state index contributed by atoms with van der Waals surface area (Å²) in [4.78, 5) is 0. The van der Waals surface area contributed by atoms with Crippen LogP contribution in [0, 0.1) is 0 Å². The van der Waals surface area contributed by atoms with Gasteiger partial charge in [0.05, 0.1) is 6.54 Å². The van der Waals surface area contributed by atoms with Crippen molar-refractivity contribution in [2.24, 2.45) is 10.9 Å². The molecule has 0 heterocycles. The van der Waals surface area contributed by atoms with E-state index in [4.69, 9.17) is 10.9 Å². The molecule has 4 N–H and O–H groups in total. The molecule has 0 bridgehead atoms. The molecule has 2 unspecified atom stereocenters. The van der Waals surface area contributed by atoms with Crippen LogP contribution in [-0.2, 0) is 0 Å². The van der Waals surface area contributed by atoms with E-state index >= 15 is 0 Å². The molecule has 0 aromatic heterocycles. The van der Waals surface area contributed by atoms with Gasteiger partial charge in [-0.1, -0.05) is 11.6 Å². The lowest BCUT2D eigenvalue weighted by Gasteiger charge is -2.18. The summed E-state index contributed by atoms with van der Waals surface area (Å²) in [6.07, 6.45) is 5.88. The Kier molecular flexibility index (Phi) is 4.38. The zero-order valence-corrected chi connectivity index (χ0v) is 8.68. The van der Waals surface area contributed by atoms with Crippen LogP contribution >= 0.6 is 11.8 Å². The standard InChI is InChI=1S/C8H17N3OS/c1-13-7-4-2-3-6(7)10-5-8(9)11-12/h6-7,10,12H,2-5H2,1H3,(H2,9,11). The van der Waals surface area contributed by atoms with Gasteiger partial charge >= 0.3 is 0 Å². The molecule has 4 nitrogen and oxygen atoms in total. The van der Waals surface area contributed by atoms with Gasteiger partial charge in [0, 0.05) is 11.3 Å². The Morgan fingerprint density at radius 1 is 1.69 bits per heavy atom. The summed E-state index contributed by atoms with van der Waals surface area (Å²) in [7, 11) is 0. The maximum atomic E-state index is 8.35. The van der Waals surface area contributed by atoms with Crippen LogP contribution in [0.1, 0.15) is 19.3 Å². The van der Waals surface area contributed by atoms with E-state index in [-0.39, 0.29) is 5.84 Å².